The number of likely N-dealkylation sites (tertiary alicyclic amines) is 1. The van der Waals surface area contributed by atoms with E-state index in [-0.39, 0.29) is 0 Å². The molecule has 0 spiro atoms. The minimum atomic E-state index is 0.307. The fourth-order valence-corrected chi connectivity index (χ4v) is 3.77. The summed E-state index contributed by atoms with van der Waals surface area (Å²) in [7, 11) is 0. The van der Waals surface area contributed by atoms with E-state index in [4.69, 9.17) is 14.1 Å². The van der Waals surface area contributed by atoms with Gasteiger partial charge < -0.3 is 24.7 Å². The Labute approximate surface area is 187 Å². The Bertz CT molecular complexity index is 738. The van der Waals surface area contributed by atoms with Crippen molar-refractivity contribution in [2.24, 2.45) is 4.99 Å². The van der Waals surface area contributed by atoms with Gasteiger partial charge in [0.05, 0.1) is 19.0 Å². The van der Waals surface area contributed by atoms with Crippen LogP contribution in [0.1, 0.15) is 38.0 Å². The van der Waals surface area contributed by atoms with Crippen molar-refractivity contribution in [1.82, 2.24) is 15.5 Å². The number of hydrogen-bond donors (Lipinski definition) is 2. The topological polar surface area (TPSA) is 62.0 Å². The van der Waals surface area contributed by atoms with E-state index in [1.807, 2.05) is 12.1 Å². The van der Waals surface area contributed by atoms with Crippen molar-refractivity contribution >= 4 is 5.96 Å². The summed E-state index contributed by atoms with van der Waals surface area (Å²) in [5.74, 6) is 1.88. The van der Waals surface area contributed by atoms with Crippen LogP contribution in [0.2, 0.25) is 0 Å². The van der Waals surface area contributed by atoms with E-state index < -0.39 is 0 Å². The highest BCUT2D eigenvalue weighted by Crippen LogP contribution is 2.10. The molecule has 0 atom stereocenters. The quantitative estimate of drug-likeness (QED) is 0.425. The molecule has 1 aliphatic heterocycles. The molecule has 0 bridgehead atoms. The van der Waals surface area contributed by atoms with Crippen molar-refractivity contribution in [3.05, 3.63) is 60.1 Å². The number of guanidine groups is 1. The predicted octanol–water partition coefficient (Wildman–Crippen LogP) is 3.49. The van der Waals surface area contributed by atoms with Crippen molar-refractivity contribution in [2.45, 2.75) is 51.7 Å². The molecule has 0 aliphatic carbocycles. The number of nitrogens with zero attached hydrogens (tertiary/aromatic N) is 2. The average Bonchev–Trinajstić information content (AvgIpc) is 3.29. The van der Waals surface area contributed by atoms with E-state index in [0.29, 0.717) is 18.7 Å². The lowest BCUT2D eigenvalue weighted by molar-refractivity contribution is 0.0532. The van der Waals surface area contributed by atoms with Gasteiger partial charge in [0.1, 0.15) is 5.76 Å². The van der Waals surface area contributed by atoms with Crippen LogP contribution in [0.25, 0.3) is 0 Å². The van der Waals surface area contributed by atoms with Gasteiger partial charge in [0.15, 0.2) is 5.96 Å². The maximum Gasteiger partial charge on any atom is 0.191 e. The zero-order chi connectivity index (χ0) is 21.7. The number of ether oxygens (including phenoxy) is 1. The monoisotopic (exact) mass is 426 g/mol. The van der Waals surface area contributed by atoms with Crippen LogP contribution >= 0.6 is 0 Å². The molecule has 1 aliphatic rings. The third-order valence-electron chi connectivity index (χ3n) is 5.54. The largest absolute Gasteiger partial charge is 0.469 e. The molecule has 170 valence electrons. The number of benzene rings is 1. The molecular formula is C25H38N4O2. The zero-order valence-corrected chi connectivity index (χ0v) is 19.1. The van der Waals surface area contributed by atoms with Gasteiger partial charge in [-0.05, 0) is 50.8 Å². The molecule has 0 radical (unpaired) electrons. The molecule has 31 heavy (non-hydrogen) atoms. The first-order valence-corrected chi connectivity index (χ1v) is 11.6. The summed E-state index contributed by atoms with van der Waals surface area (Å²) in [6.07, 6.45) is 6.07. The fourth-order valence-electron chi connectivity index (χ4n) is 3.77. The van der Waals surface area contributed by atoms with Gasteiger partial charge in [-0.1, -0.05) is 30.3 Å². The first-order valence-electron chi connectivity index (χ1n) is 11.6. The summed E-state index contributed by atoms with van der Waals surface area (Å²) in [5, 5.41) is 7.20. The minimum absolute atomic E-state index is 0.307. The highest BCUT2D eigenvalue weighted by molar-refractivity contribution is 5.80. The van der Waals surface area contributed by atoms with Crippen LogP contribution in [0.3, 0.4) is 0 Å². The van der Waals surface area contributed by atoms with Crippen LogP contribution in [0, 0.1) is 0 Å². The summed E-state index contributed by atoms with van der Waals surface area (Å²) < 4.78 is 11.1. The Balaban J connectivity index is 1.45. The Morgan fingerprint density at radius 2 is 1.94 bits per heavy atom. The van der Waals surface area contributed by atoms with Crippen molar-refractivity contribution in [3.63, 3.8) is 0 Å². The van der Waals surface area contributed by atoms with Crippen molar-refractivity contribution in [1.29, 1.82) is 0 Å². The van der Waals surface area contributed by atoms with E-state index in [1.165, 1.54) is 5.56 Å². The van der Waals surface area contributed by atoms with E-state index in [9.17, 15) is 0 Å². The molecule has 0 amide bonds. The normalized spacial score (nSPS) is 16.0. The molecule has 6 heteroatoms. The Morgan fingerprint density at radius 1 is 1.13 bits per heavy atom. The number of aliphatic imine (C=N–C) groups is 1. The maximum absolute atomic E-state index is 5.70. The van der Waals surface area contributed by atoms with Crippen LogP contribution < -0.4 is 10.6 Å². The van der Waals surface area contributed by atoms with Gasteiger partial charge in [0, 0.05) is 45.2 Å². The Hall–Kier alpha value is -2.31. The summed E-state index contributed by atoms with van der Waals surface area (Å²) >= 11 is 0. The van der Waals surface area contributed by atoms with E-state index in [2.05, 4.69) is 59.7 Å². The van der Waals surface area contributed by atoms with E-state index in [1.54, 1.807) is 6.26 Å². The standard InChI is InChI=1S/C25H38N4O2/c1-21(2)30-20-18-29-16-12-23(13-17-29)28-25(27-15-11-24-9-6-19-31-24)26-14-10-22-7-4-3-5-8-22/h3-9,19,21,23H,10-18,20H2,1-2H3,(H2,26,27,28). The predicted molar refractivity (Wildman–Crippen MR) is 127 cm³/mol. The Morgan fingerprint density at radius 3 is 2.65 bits per heavy atom. The van der Waals surface area contributed by atoms with E-state index >= 15 is 0 Å². The SMILES string of the molecule is CC(C)OCCN1CCC(NC(=NCCc2ccco2)NCCc2ccccc2)CC1. The summed E-state index contributed by atoms with van der Waals surface area (Å²) in [4.78, 5) is 7.31. The van der Waals surface area contributed by atoms with Crippen LogP contribution in [0.15, 0.2) is 58.1 Å². The van der Waals surface area contributed by atoms with Gasteiger partial charge in [0.25, 0.3) is 0 Å². The zero-order valence-electron chi connectivity index (χ0n) is 19.1. The Kier molecular flexibility index (Phi) is 9.93. The lowest BCUT2D eigenvalue weighted by Gasteiger charge is -2.33. The first-order chi connectivity index (χ1) is 15.2. The van der Waals surface area contributed by atoms with Crippen molar-refractivity contribution in [3.8, 4) is 0 Å². The molecule has 3 rings (SSSR count). The third kappa shape index (κ3) is 9.15. The third-order valence-corrected chi connectivity index (χ3v) is 5.54. The number of hydrogen-bond acceptors (Lipinski definition) is 4. The van der Waals surface area contributed by atoms with Gasteiger partial charge in [-0.25, -0.2) is 0 Å². The minimum Gasteiger partial charge on any atom is -0.469 e. The molecule has 1 saturated heterocycles. The van der Waals surface area contributed by atoms with Gasteiger partial charge >= 0.3 is 0 Å². The van der Waals surface area contributed by atoms with Crippen molar-refractivity contribution in [2.75, 3.05) is 39.3 Å². The maximum atomic E-state index is 5.70. The van der Waals surface area contributed by atoms with Crippen LogP contribution in [-0.4, -0.2) is 62.3 Å². The highest BCUT2D eigenvalue weighted by atomic mass is 16.5. The lowest BCUT2D eigenvalue weighted by atomic mass is 10.1. The second kappa shape index (κ2) is 13.2. The summed E-state index contributed by atoms with van der Waals surface area (Å²) in [6.45, 7) is 9.79. The van der Waals surface area contributed by atoms with Gasteiger partial charge in [0.2, 0.25) is 0 Å². The number of piperidine rings is 1. The van der Waals surface area contributed by atoms with Gasteiger partial charge in [-0.2, -0.15) is 0 Å². The molecule has 0 saturated carbocycles. The first kappa shape index (κ1) is 23.4. The van der Waals surface area contributed by atoms with E-state index in [0.717, 1.165) is 70.2 Å². The van der Waals surface area contributed by atoms with Crippen LogP contribution in [-0.2, 0) is 17.6 Å². The molecule has 2 aromatic rings. The molecule has 0 unspecified atom stereocenters. The van der Waals surface area contributed by atoms with Gasteiger partial charge in [-0.15, -0.1) is 0 Å². The average molecular weight is 427 g/mol. The molecule has 2 N–H and O–H groups in total. The number of rotatable bonds is 11. The molecule has 2 heterocycles. The molecule has 1 aromatic heterocycles. The molecule has 1 fully saturated rings. The fraction of sp³-hybridized carbons (Fsp3) is 0.560. The summed E-state index contributed by atoms with van der Waals surface area (Å²) in [6, 6.07) is 15.0. The molecule has 1 aromatic carbocycles. The highest BCUT2D eigenvalue weighted by Gasteiger charge is 2.20. The summed E-state index contributed by atoms with van der Waals surface area (Å²) in [5.41, 5.74) is 1.34. The number of nitrogens with one attached hydrogen (secondary N) is 2. The smallest absolute Gasteiger partial charge is 0.191 e. The second-order valence-corrected chi connectivity index (χ2v) is 8.40. The van der Waals surface area contributed by atoms with Crippen LogP contribution in [0.5, 0.6) is 0 Å². The number of furan rings is 1. The van der Waals surface area contributed by atoms with Crippen LogP contribution in [0.4, 0.5) is 0 Å². The van der Waals surface area contributed by atoms with Crippen molar-refractivity contribution < 1.29 is 9.15 Å². The second-order valence-electron chi connectivity index (χ2n) is 8.40. The lowest BCUT2D eigenvalue weighted by Crippen LogP contribution is -2.49. The molecular weight excluding hydrogens is 388 g/mol. The van der Waals surface area contributed by atoms with Gasteiger partial charge in [-0.3, -0.25) is 4.99 Å². The molecule has 6 nitrogen and oxygen atoms in total.